The molecule has 1 aliphatic rings. The van der Waals surface area contributed by atoms with E-state index in [0.717, 1.165) is 0 Å². The van der Waals surface area contributed by atoms with E-state index < -0.39 is 0 Å². The van der Waals surface area contributed by atoms with Crippen LogP contribution < -0.4 is 0 Å². The van der Waals surface area contributed by atoms with Gasteiger partial charge in [0.15, 0.2) is 0 Å². The van der Waals surface area contributed by atoms with E-state index >= 15 is 0 Å². The van der Waals surface area contributed by atoms with Crippen molar-refractivity contribution < 1.29 is 19.4 Å². The quantitative estimate of drug-likeness (QED) is 0.398. The van der Waals surface area contributed by atoms with Crippen molar-refractivity contribution in [2.24, 2.45) is 0 Å². The molecule has 54 valence electrons. The first-order valence-corrected chi connectivity index (χ1v) is 4.84. The molecule has 0 aromatic rings. The standard InChI is InChI=1S/C5H10.2CH3.ClH.Ti/c1-2-4-5-3-1;;;;/h1-5H2;2*1H3;1H;/q;2*-1;;+4/p-1. The van der Waals surface area contributed by atoms with Crippen LogP contribution >= 0.6 is 9.30 Å². The summed E-state index contributed by atoms with van der Waals surface area (Å²) in [5, 5.41) is 0. The molecule has 0 heterocycles. The third-order valence-electron chi connectivity index (χ3n) is 1.25. The van der Waals surface area contributed by atoms with Gasteiger partial charge in [-0.3, -0.25) is 0 Å². The first kappa shape index (κ1) is 16.5. The molecule has 0 amide bonds. The minimum atomic E-state index is 0. The van der Waals surface area contributed by atoms with Crippen LogP contribution in [0.3, 0.4) is 0 Å². The summed E-state index contributed by atoms with van der Waals surface area (Å²) in [6.45, 7) is 0. The molecule has 0 saturated heterocycles. The number of hydrogen-bond acceptors (Lipinski definition) is 0. The van der Waals surface area contributed by atoms with Crippen molar-refractivity contribution in [1.29, 1.82) is 0 Å². The summed E-state index contributed by atoms with van der Waals surface area (Å²) in [5.74, 6) is 0. The van der Waals surface area contributed by atoms with Gasteiger partial charge in [-0.1, -0.05) is 32.1 Å². The molecule has 1 rings (SSSR count). The van der Waals surface area contributed by atoms with Crippen molar-refractivity contribution in [3.8, 4) is 0 Å². The Morgan fingerprint density at radius 3 is 0.889 bits per heavy atom. The van der Waals surface area contributed by atoms with Gasteiger partial charge in [0.1, 0.15) is 0 Å². The van der Waals surface area contributed by atoms with Crippen LogP contribution in [0.4, 0.5) is 0 Å². The summed E-state index contributed by atoms with van der Waals surface area (Å²) in [6, 6.07) is 0. The molecule has 1 aliphatic carbocycles. The van der Waals surface area contributed by atoms with E-state index in [1.807, 2.05) is 0 Å². The van der Waals surface area contributed by atoms with E-state index in [9.17, 15) is 0 Å². The van der Waals surface area contributed by atoms with Gasteiger partial charge >= 0.3 is 28.7 Å². The number of rotatable bonds is 0. The molecule has 0 aromatic carbocycles. The fourth-order valence-electron chi connectivity index (χ4n) is 0.884. The van der Waals surface area contributed by atoms with E-state index in [1.165, 1.54) is 51.5 Å². The normalized spacial score (nSPS) is 14.1. The van der Waals surface area contributed by atoms with Crippen molar-refractivity contribution in [3.63, 3.8) is 0 Å². The summed E-state index contributed by atoms with van der Waals surface area (Å²) in [7, 11) is 4.64. The van der Waals surface area contributed by atoms with Crippen LogP contribution in [0.25, 0.3) is 0 Å². The Hall–Kier alpha value is 1.00. The molecule has 0 aliphatic heterocycles. The van der Waals surface area contributed by atoms with Crippen molar-refractivity contribution in [1.82, 2.24) is 0 Å². The molecule has 1 saturated carbocycles. The van der Waals surface area contributed by atoms with E-state index in [-0.39, 0.29) is 14.9 Å². The van der Waals surface area contributed by atoms with Crippen LogP contribution in [0.5, 0.6) is 0 Å². The predicted molar refractivity (Wildman–Crippen MR) is 41.8 cm³/mol. The molecule has 1 fully saturated rings. The molecular formula is C7H16ClTi+. The van der Waals surface area contributed by atoms with Crippen molar-refractivity contribution >= 4 is 9.30 Å². The zero-order valence-corrected chi connectivity index (χ0v) is 8.73. The first-order valence-electron chi connectivity index (χ1n) is 2.69. The van der Waals surface area contributed by atoms with Crippen LogP contribution in [-0.2, 0) is 19.4 Å². The maximum atomic E-state index is 4.64. The van der Waals surface area contributed by atoms with E-state index in [4.69, 9.17) is 0 Å². The van der Waals surface area contributed by atoms with Gasteiger partial charge in [0, 0.05) is 0 Å². The average molecular weight is 184 g/mol. The van der Waals surface area contributed by atoms with Crippen LogP contribution in [0.1, 0.15) is 32.1 Å². The van der Waals surface area contributed by atoms with Gasteiger partial charge in [0.2, 0.25) is 0 Å². The van der Waals surface area contributed by atoms with Gasteiger partial charge in [-0.25, -0.2) is 0 Å². The number of halogens is 1. The Bertz CT molecular complexity index is 20.5. The van der Waals surface area contributed by atoms with E-state index in [2.05, 4.69) is 9.30 Å². The molecule has 0 radical (unpaired) electrons. The summed E-state index contributed by atoms with van der Waals surface area (Å²) in [6.07, 6.45) is 7.50. The molecule has 0 spiro atoms. The monoisotopic (exact) mass is 183 g/mol. The third kappa shape index (κ3) is 12.3. The topological polar surface area (TPSA) is 0 Å². The zero-order valence-electron chi connectivity index (χ0n) is 6.41. The molecule has 0 N–H and O–H groups in total. The van der Waals surface area contributed by atoms with Crippen LogP contribution in [-0.4, -0.2) is 0 Å². The van der Waals surface area contributed by atoms with Crippen LogP contribution in [0.15, 0.2) is 0 Å². The Morgan fingerprint density at radius 1 is 0.667 bits per heavy atom. The van der Waals surface area contributed by atoms with Crippen LogP contribution in [0, 0.1) is 14.9 Å². The Kier molecular flexibility index (Phi) is 29.4. The maximum absolute atomic E-state index is 4.64. The van der Waals surface area contributed by atoms with Gasteiger partial charge in [-0.05, 0) is 0 Å². The van der Waals surface area contributed by atoms with Gasteiger partial charge in [0.05, 0.1) is 0 Å². The summed E-state index contributed by atoms with van der Waals surface area (Å²) >= 11 is 1.47. The Morgan fingerprint density at radius 2 is 0.778 bits per heavy atom. The molecule has 0 atom stereocenters. The molecule has 0 nitrogen and oxygen atoms in total. The Labute approximate surface area is 75.6 Å². The van der Waals surface area contributed by atoms with Gasteiger partial charge in [-0.2, -0.15) is 0 Å². The summed E-state index contributed by atoms with van der Waals surface area (Å²) in [4.78, 5) is 0. The zero-order chi connectivity index (χ0) is 5.54. The summed E-state index contributed by atoms with van der Waals surface area (Å²) < 4.78 is 0. The van der Waals surface area contributed by atoms with E-state index in [0.29, 0.717) is 0 Å². The average Bonchev–Trinajstić information content (AvgIpc) is 2.23. The predicted octanol–water partition coefficient (Wildman–Crippen LogP) is 3.54. The van der Waals surface area contributed by atoms with Gasteiger partial charge in [-0.15, -0.1) is 0 Å². The molecule has 9 heavy (non-hydrogen) atoms. The SMILES string of the molecule is C1CCCC1.[CH3-].[CH3-].[Cl][Ti+3]. The molecule has 2 heteroatoms. The summed E-state index contributed by atoms with van der Waals surface area (Å²) in [5.41, 5.74) is 0. The van der Waals surface area contributed by atoms with Crippen molar-refractivity contribution in [2.75, 3.05) is 0 Å². The second-order valence-corrected chi connectivity index (χ2v) is 1.77. The second-order valence-electron chi connectivity index (χ2n) is 1.77. The fourth-order valence-corrected chi connectivity index (χ4v) is 0.884. The van der Waals surface area contributed by atoms with E-state index in [1.54, 1.807) is 0 Å². The minimum absolute atomic E-state index is 0. The fraction of sp³-hybridized carbons (Fsp3) is 0.714. The molecule has 0 unspecified atom stereocenters. The van der Waals surface area contributed by atoms with Crippen LogP contribution in [0.2, 0.25) is 0 Å². The number of hydrogen-bond donors (Lipinski definition) is 0. The third-order valence-corrected chi connectivity index (χ3v) is 1.25. The first-order chi connectivity index (χ1) is 3.50. The van der Waals surface area contributed by atoms with Crippen molar-refractivity contribution in [2.45, 2.75) is 32.1 Å². The molecular weight excluding hydrogens is 167 g/mol. The second kappa shape index (κ2) is 16.0. The molecule has 0 bridgehead atoms. The Balaban J connectivity index is -0.0000000836. The van der Waals surface area contributed by atoms with Gasteiger partial charge in [0.25, 0.3) is 0 Å². The molecule has 0 aromatic heterocycles. The van der Waals surface area contributed by atoms with Crippen molar-refractivity contribution in [3.05, 3.63) is 14.9 Å². The van der Waals surface area contributed by atoms with Gasteiger partial charge < -0.3 is 14.9 Å².